The molecule has 0 aliphatic carbocycles. The van der Waals surface area contributed by atoms with Crippen molar-refractivity contribution in [1.82, 2.24) is 5.32 Å². The van der Waals surface area contributed by atoms with Crippen LogP contribution in [0.3, 0.4) is 0 Å². The first-order chi connectivity index (χ1) is 10.1. The number of amides is 1. The van der Waals surface area contributed by atoms with E-state index in [1.807, 2.05) is 25.1 Å². The summed E-state index contributed by atoms with van der Waals surface area (Å²) < 4.78 is 11.1. The molecule has 1 unspecified atom stereocenters. The molecule has 1 aliphatic rings. The largest absolute Gasteiger partial charge is 0.494 e. The molecule has 1 aliphatic heterocycles. The predicted molar refractivity (Wildman–Crippen MR) is 82.9 cm³/mol. The van der Waals surface area contributed by atoms with Gasteiger partial charge in [0.15, 0.2) is 0 Å². The molecule has 5 heteroatoms. The normalized spacial score (nSPS) is 17.7. The van der Waals surface area contributed by atoms with Crippen LogP contribution in [0.5, 0.6) is 5.75 Å². The zero-order valence-corrected chi connectivity index (χ0v) is 13.1. The molecule has 1 aromatic rings. The van der Waals surface area contributed by atoms with Crippen molar-refractivity contribution in [2.24, 2.45) is 0 Å². The van der Waals surface area contributed by atoms with Crippen LogP contribution < -0.4 is 10.1 Å². The molecular formula is C16H22ClNO3. The van der Waals surface area contributed by atoms with Crippen molar-refractivity contribution in [2.75, 3.05) is 19.8 Å². The van der Waals surface area contributed by atoms with Crippen molar-refractivity contribution >= 4 is 17.5 Å². The third-order valence-corrected chi connectivity index (χ3v) is 3.92. The Morgan fingerprint density at radius 3 is 3.10 bits per heavy atom. The maximum absolute atomic E-state index is 11.7. The second-order valence-corrected chi connectivity index (χ2v) is 5.71. The van der Waals surface area contributed by atoms with E-state index in [-0.39, 0.29) is 12.0 Å². The van der Waals surface area contributed by atoms with Crippen LogP contribution in [0.4, 0.5) is 0 Å². The number of hydrogen-bond donors (Lipinski definition) is 1. The van der Waals surface area contributed by atoms with Crippen molar-refractivity contribution in [3.63, 3.8) is 0 Å². The van der Waals surface area contributed by atoms with Gasteiger partial charge in [0.2, 0.25) is 5.91 Å². The molecule has 0 aromatic heterocycles. The second kappa shape index (κ2) is 8.25. The highest BCUT2D eigenvalue weighted by Gasteiger charge is 2.15. The van der Waals surface area contributed by atoms with Crippen LogP contribution in [0.15, 0.2) is 18.2 Å². The summed E-state index contributed by atoms with van der Waals surface area (Å²) in [6.45, 7) is 3.90. The Balaban J connectivity index is 1.58. The van der Waals surface area contributed by atoms with Crippen molar-refractivity contribution in [1.29, 1.82) is 0 Å². The smallest absolute Gasteiger partial charge is 0.220 e. The van der Waals surface area contributed by atoms with Crippen LogP contribution in [0.1, 0.15) is 31.2 Å². The Hall–Kier alpha value is -1.26. The number of carbonyl (C=O) groups excluding carboxylic acids is 1. The number of rotatable bonds is 7. The van der Waals surface area contributed by atoms with E-state index in [1.165, 1.54) is 0 Å². The summed E-state index contributed by atoms with van der Waals surface area (Å²) in [5, 5.41) is 3.64. The molecule has 21 heavy (non-hydrogen) atoms. The summed E-state index contributed by atoms with van der Waals surface area (Å²) >= 11 is 5.95. The summed E-state index contributed by atoms with van der Waals surface area (Å²) in [5.74, 6) is 0.845. The topological polar surface area (TPSA) is 47.6 Å². The summed E-state index contributed by atoms with van der Waals surface area (Å²) in [6, 6.07) is 5.56. The number of hydrogen-bond acceptors (Lipinski definition) is 3. The summed E-state index contributed by atoms with van der Waals surface area (Å²) in [4.78, 5) is 11.7. The molecule has 1 fully saturated rings. The SMILES string of the molecule is Cc1cc(OCCCC(=O)NCC2CCCO2)ccc1Cl. The van der Waals surface area contributed by atoms with E-state index in [0.717, 1.165) is 35.8 Å². The molecule has 0 spiro atoms. The Morgan fingerprint density at radius 1 is 1.52 bits per heavy atom. The maximum atomic E-state index is 11.7. The minimum atomic E-state index is 0.0568. The fourth-order valence-electron chi connectivity index (χ4n) is 2.25. The number of nitrogens with one attached hydrogen (secondary N) is 1. The van der Waals surface area contributed by atoms with Crippen LogP contribution in [-0.4, -0.2) is 31.8 Å². The average Bonchev–Trinajstić information content (AvgIpc) is 2.98. The van der Waals surface area contributed by atoms with Crippen LogP contribution in [0.25, 0.3) is 0 Å². The Labute approximate surface area is 130 Å². The molecule has 1 N–H and O–H groups in total. The number of aryl methyl sites for hydroxylation is 1. The quantitative estimate of drug-likeness (QED) is 0.787. The number of benzene rings is 1. The minimum Gasteiger partial charge on any atom is -0.494 e. The Bertz CT molecular complexity index is 473. The number of carbonyl (C=O) groups is 1. The monoisotopic (exact) mass is 311 g/mol. The zero-order chi connectivity index (χ0) is 15.1. The summed E-state index contributed by atoms with van der Waals surface area (Å²) in [7, 11) is 0. The molecule has 116 valence electrons. The highest BCUT2D eigenvalue weighted by atomic mass is 35.5. The third-order valence-electron chi connectivity index (χ3n) is 3.50. The van der Waals surface area contributed by atoms with Gasteiger partial charge in [0.25, 0.3) is 0 Å². The van der Waals surface area contributed by atoms with Gasteiger partial charge >= 0.3 is 0 Å². The molecule has 1 aromatic carbocycles. The molecule has 0 radical (unpaired) electrons. The first-order valence-corrected chi connectivity index (χ1v) is 7.80. The lowest BCUT2D eigenvalue weighted by molar-refractivity contribution is -0.121. The lowest BCUT2D eigenvalue weighted by Crippen LogP contribution is -2.31. The van der Waals surface area contributed by atoms with Gasteiger partial charge < -0.3 is 14.8 Å². The molecule has 0 saturated carbocycles. The van der Waals surface area contributed by atoms with Crippen LogP contribution in [0.2, 0.25) is 5.02 Å². The number of ether oxygens (including phenoxy) is 2. The van der Waals surface area contributed by atoms with Gasteiger partial charge in [-0.1, -0.05) is 11.6 Å². The molecule has 1 heterocycles. The van der Waals surface area contributed by atoms with E-state index < -0.39 is 0 Å². The molecule has 2 rings (SSSR count). The van der Waals surface area contributed by atoms with Crippen LogP contribution >= 0.6 is 11.6 Å². The fraction of sp³-hybridized carbons (Fsp3) is 0.562. The molecule has 1 atom stereocenters. The van der Waals surface area contributed by atoms with Gasteiger partial charge in [-0.25, -0.2) is 0 Å². The van der Waals surface area contributed by atoms with Crippen molar-refractivity contribution < 1.29 is 14.3 Å². The van der Waals surface area contributed by atoms with E-state index in [4.69, 9.17) is 21.1 Å². The second-order valence-electron chi connectivity index (χ2n) is 5.30. The molecule has 1 amide bonds. The lowest BCUT2D eigenvalue weighted by atomic mass is 10.2. The molecular weight excluding hydrogens is 290 g/mol. The average molecular weight is 312 g/mol. The first-order valence-electron chi connectivity index (χ1n) is 7.42. The van der Waals surface area contributed by atoms with Crippen molar-refractivity contribution in [2.45, 2.75) is 38.7 Å². The highest BCUT2D eigenvalue weighted by molar-refractivity contribution is 6.31. The van der Waals surface area contributed by atoms with Gasteiger partial charge in [0.1, 0.15) is 5.75 Å². The van der Waals surface area contributed by atoms with Gasteiger partial charge in [-0.15, -0.1) is 0 Å². The zero-order valence-electron chi connectivity index (χ0n) is 12.4. The molecule has 1 saturated heterocycles. The summed E-state index contributed by atoms with van der Waals surface area (Å²) in [6.07, 6.45) is 3.49. The van der Waals surface area contributed by atoms with E-state index in [9.17, 15) is 4.79 Å². The van der Waals surface area contributed by atoms with Gasteiger partial charge in [-0.3, -0.25) is 4.79 Å². The van der Waals surface area contributed by atoms with E-state index >= 15 is 0 Å². The third kappa shape index (κ3) is 5.56. The Kier molecular flexibility index (Phi) is 6.33. The minimum absolute atomic E-state index is 0.0568. The van der Waals surface area contributed by atoms with Crippen LogP contribution in [-0.2, 0) is 9.53 Å². The fourth-order valence-corrected chi connectivity index (χ4v) is 2.37. The lowest BCUT2D eigenvalue weighted by Gasteiger charge is -2.11. The van der Waals surface area contributed by atoms with Crippen molar-refractivity contribution in [3.8, 4) is 5.75 Å². The van der Waals surface area contributed by atoms with Crippen LogP contribution in [0, 0.1) is 6.92 Å². The van der Waals surface area contributed by atoms with E-state index in [1.54, 1.807) is 0 Å². The van der Waals surface area contributed by atoms with Gasteiger partial charge in [0, 0.05) is 24.6 Å². The predicted octanol–water partition coefficient (Wildman–Crippen LogP) is 3.10. The number of halogens is 1. The van der Waals surface area contributed by atoms with Gasteiger partial charge in [-0.2, -0.15) is 0 Å². The van der Waals surface area contributed by atoms with E-state index in [2.05, 4.69) is 5.32 Å². The Morgan fingerprint density at radius 2 is 2.38 bits per heavy atom. The van der Waals surface area contributed by atoms with Gasteiger partial charge in [-0.05, 0) is 49.9 Å². The van der Waals surface area contributed by atoms with E-state index in [0.29, 0.717) is 26.0 Å². The maximum Gasteiger partial charge on any atom is 0.220 e. The molecule has 4 nitrogen and oxygen atoms in total. The van der Waals surface area contributed by atoms with Crippen molar-refractivity contribution in [3.05, 3.63) is 28.8 Å². The summed E-state index contributed by atoms with van der Waals surface area (Å²) in [5.41, 5.74) is 0.989. The van der Waals surface area contributed by atoms with Gasteiger partial charge in [0.05, 0.1) is 12.7 Å². The highest BCUT2D eigenvalue weighted by Crippen LogP contribution is 2.21. The first kappa shape index (κ1) is 16.1. The standard InChI is InChI=1S/C16H22ClNO3/c1-12-10-13(6-7-15(12)17)20-9-3-5-16(19)18-11-14-4-2-8-21-14/h6-7,10,14H,2-5,8-9,11H2,1H3,(H,18,19). The molecule has 0 bridgehead atoms.